The summed E-state index contributed by atoms with van der Waals surface area (Å²) in [7, 11) is 0. The molecule has 0 saturated heterocycles. The van der Waals surface area contributed by atoms with Crippen LogP contribution in [0.2, 0.25) is 0 Å². The molecule has 100 valence electrons. The summed E-state index contributed by atoms with van der Waals surface area (Å²) in [5, 5.41) is 8.32. The molecule has 0 aliphatic heterocycles. The Morgan fingerprint density at radius 2 is 2.17 bits per heavy atom. The summed E-state index contributed by atoms with van der Waals surface area (Å²) in [4.78, 5) is 11.0. The van der Waals surface area contributed by atoms with E-state index in [-0.39, 0.29) is 12.3 Å². The number of carbonyl (C=O) groups is 1. The summed E-state index contributed by atoms with van der Waals surface area (Å²) in [6.07, 6.45) is 7.46. The van der Waals surface area contributed by atoms with Crippen molar-refractivity contribution in [2.75, 3.05) is 0 Å². The van der Waals surface area contributed by atoms with Crippen LogP contribution in [0.1, 0.15) is 62.8 Å². The second kappa shape index (κ2) is 5.98. The van der Waals surface area contributed by atoms with Crippen molar-refractivity contribution in [2.24, 2.45) is 5.73 Å². The van der Waals surface area contributed by atoms with E-state index < -0.39 is 0 Å². The predicted molar refractivity (Wildman–Crippen MR) is 69.0 cm³/mol. The standard InChI is InChI=1S/C13H22N4O/c1-2-3-4-5-8-17-13(10-6-7-10)11(15-16-17)9-12(14)18/h10H,2-9H2,1H3,(H2,14,18). The van der Waals surface area contributed by atoms with Gasteiger partial charge in [0.1, 0.15) is 0 Å². The van der Waals surface area contributed by atoms with Crippen molar-refractivity contribution in [1.82, 2.24) is 15.0 Å². The van der Waals surface area contributed by atoms with E-state index in [1.807, 2.05) is 4.68 Å². The smallest absolute Gasteiger partial charge is 0.223 e. The van der Waals surface area contributed by atoms with Crippen LogP contribution in [0.5, 0.6) is 0 Å². The zero-order valence-corrected chi connectivity index (χ0v) is 11.1. The largest absolute Gasteiger partial charge is 0.369 e. The SMILES string of the molecule is CCCCCCn1nnc(CC(N)=O)c1C1CC1. The van der Waals surface area contributed by atoms with Crippen LogP contribution < -0.4 is 5.73 Å². The number of amides is 1. The first-order chi connectivity index (χ1) is 8.72. The van der Waals surface area contributed by atoms with E-state index in [9.17, 15) is 4.79 Å². The number of carbonyl (C=O) groups excluding carboxylic acids is 1. The molecule has 2 rings (SSSR count). The fraction of sp³-hybridized carbons (Fsp3) is 0.769. The Kier molecular flexibility index (Phi) is 4.33. The van der Waals surface area contributed by atoms with Gasteiger partial charge in [0, 0.05) is 12.5 Å². The first kappa shape index (κ1) is 13.1. The molecule has 18 heavy (non-hydrogen) atoms. The second-order valence-corrected chi connectivity index (χ2v) is 5.12. The topological polar surface area (TPSA) is 73.8 Å². The van der Waals surface area contributed by atoms with Crippen LogP contribution in [0.15, 0.2) is 0 Å². The van der Waals surface area contributed by atoms with Crippen molar-refractivity contribution < 1.29 is 4.79 Å². The number of aryl methyl sites for hydroxylation is 1. The monoisotopic (exact) mass is 250 g/mol. The van der Waals surface area contributed by atoms with Crippen LogP contribution in [-0.4, -0.2) is 20.9 Å². The van der Waals surface area contributed by atoms with Gasteiger partial charge in [-0.2, -0.15) is 0 Å². The number of rotatable bonds is 8. The highest BCUT2D eigenvalue weighted by atomic mass is 16.1. The van der Waals surface area contributed by atoms with Gasteiger partial charge in [0.15, 0.2) is 0 Å². The number of hydrogen-bond donors (Lipinski definition) is 1. The van der Waals surface area contributed by atoms with Gasteiger partial charge in [0.05, 0.1) is 17.8 Å². The van der Waals surface area contributed by atoms with E-state index in [1.54, 1.807) is 0 Å². The molecule has 0 atom stereocenters. The maximum atomic E-state index is 11.0. The molecule has 1 saturated carbocycles. The Morgan fingerprint density at radius 3 is 2.78 bits per heavy atom. The van der Waals surface area contributed by atoms with Crippen molar-refractivity contribution >= 4 is 5.91 Å². The summed E-state index contributed by atoms with van der Waals surface area (Å²) in [5.41, 5.74) is 7.20. The molecule has 1 aromatic rings. The van der Waals surface area contributed by atoms with Gasteiger partial charge >= 0.3 is 0 Å². The van der Waals surface area contributed by atoms with Gasteiger partial charge in [0.2, 0.25) is 5.91 Å². The first-order valence-corrected chi connectivity index (χ1v) is 6.93. The van der Waals surface area contributed by atoms with Crippen LogP contribution in [0.4, 0.5) is 0 Å². The lowest BCUT2D eigenvalue weighted by Gasteiger charge is -2.06. The number of aromatic nitrogens is 3. The third kappa shape index (κ3) is 3.31. The van der Waals surface area contributed by atoms with Crippen molar-refractivity contribution in [3.05, 3.63) is 11.4 Å². The lowest BCUT2D eigenvalue weighted by molar-refractivity contribution is -0.117. The second-order valence-electron chi connectivity index (χ2n) is 5.12. The molecule has 1 aromatic heterocycles. The minimum absolute atomic E-state index is 0.223. The summed E-state index contributed by atoms with van der Waals surface area (Å²) >= 11 is 0. The van der Waals surface area contributed by atoms with Gasteiger partial charge < -0.3 is 5.73 Å². The van der Waals surface area contributed by atoms with Crippen LogP contribution in [0.25, 0.3) is 0 Å². The molecule has 1 amide bonds. The molecule has 0 radical (unpaired) electrons. The van der Waals surface area contributed by atoms with Gasteiger partial charge in [0.25, 0.3) is 0 Å². The van der Waals surface area contributed by atoms with Gasteiger partial charge in [-0.3, -0.25) is 4.79 Å². The zero-order chi connectivity index (χ0) is 13.0. The number of nitrogens with zero attached hydrogens (tertiary/aromatic N) is 3. The maximum Gasteiger partial charge on any atom is 0.223 e. The quantitative estimate of drug-likeness (QED) is 0.714. The van der Waals surface area contributed by atoms with E-state index in [0.717, 1.165) is 24.4 Å². The zero-order valence-electron chi connectivity index (χ0n) is 11.1. The predicted octanol–water partition coefficient (Wildman–Crippen LogP) is 1.76. The van der Waals surface area contributed by atoms with E-state index in [4.69, 9.17) is 5.73 Å². The molecular weight excluding hydrogens is 228 g/mol. The molecule has 0 bridgehead atoms. The van der Waals surface area contributed by atoms with Crippen LogP contribution in [-0.2, 0) is 17.8 Å². The number of hydrogen-bond acceptors (Lipinski definition) is 3. The molecule has 2 N–H and O–H groups in total. The van der Waals surface area contributed by atoms with Gasteiger partial charge in [-0.1, -0.05) is 31.4 Å². The van der Waals surface area contributed by atoms with Crippen molar-refractivity contribution in [1.29, 1.82) is 0 Å². The first-order valence-electron chi connectivity index (χ1n) is 6.93. The van der Waals surface area contributed by atoms with Crippen molar-refractivity contribution in [3.8, 4) is 0 Å². The summed E-state index contributed by atoms with van der Waals surface area (Å²) in [6, 6.07) is 0. The van der Waals surface area contributed by atoms with Gasteiger partial charge in [-0.25, -0.2) is 4.68 Å². The molecule has 0 spiro atoms. The Labute approximate surface area is 108 Å². The molecule has 1 aliphatic carbocycles. The Hall–Kier alpha value is -1.39. The molecule has 5 nitrogen and oxygen atoms in total. The number of nitrogens with two attached hydrogens (primary N) is 1. The van der Waals surface area contributed by atoms with Crippen LogP contribution >= 0.6 is 0 Å². The Morgan fingerprint density at radius 1 is 1.39 bits per heavy atom. The molecule has 0 unspecified atom stereocenters. The number of unbranched alkanes of at least 4 members (excludes halogenated alkanes) is 3. The fourth-order valence-electron chi connectivity index (χ4n) is 2.30. The number of primary amides is 1. The highest BCUT2D eigenvalue weighted by molar-refractivity contribution is 5.76. The minimum atomic E-state index is -0.324. The average Bonchev–Trinajstić information content (AvgIpc) is 3.08. The summed E-state index contributed by atoms with van der Waals surface area (Å²) in [5.74, 6) is 0.232. The highest BCUT2D eigenvalue weighted by Gasteiger charge is 2.31. The lowest BCUT2D eigenvalue weighted by Crippen LogP contribution is -2.15. The maximum absolute atomic E-state index is 11.0. The van der Waals surface area contributed by atoms with Gasteiger partial charge in [-0.05, 0) is 19.3 Å². The molecular formula is C13H22N4O. The molecule has 1 aliphatic rings. The van der Waals surface area contributed by atoms with Crippen molar-refractivity contribution in [3.63, 3.8) is 0 Å². The fourth-order valence-corrected chi connectivity index (χ4v) is 2.30. The average molecular weight is 250 g/mol. The Bertz CT molecular complexity index is 409. The lowest BCUT2D eigenvalue weighted by atomic mass is 10.1. The normalized spacial score (nSPS) is 14.9. The molecule has 5 heteroatoms. The van der Waals surface area contributed by atoms with E-state index in [0.29, 0.717) is 5.92 Å². The van der Waals surface area contributed by atoms with Gasteiger partial charge in [-0.15, -0.1) is 5.10 Å². The molecule has 1 fully saturated rings. The third-order valence-electron chi connectivity index (χ3n) is 3.38. The molecule has 0 aromatic carbocycles. The van der Waals surface area contributed by atoms with Crippen LogP contribution in [0.3, 0.4) is 0 Å². The third-order valence-corrected chi connectivity index (χ3v) is 3.38. The minimum Gasteiger partial charge on any atom is -0.369 e. The van der Waals surface area contributed by atoms with E-state index in [2.05, 4.69) is 17.2 Å². The van der Waals surface area contributed by atoms with E-state index >= 15 is 0 Å². The summed E-state index contributed by atoms with van der Waals surface area (Å²) in [6.45, 7) is 3.12. The van der Waals surface area contributed by atoms with E-state index in [1.165, 1.54) is 32.1 Å². The highest BCUT2D eigenvalue weighted by Crippen LogP contribution is 2.41. The summed E-state index contributed by atoms with van der Waals surface area (Å²) < 4.78 is 1.99. The van der Waals surface area contributed by atoms with Crippen LogP contribution in [0, 0.1) is 0 Å². The molecule has 1 heterocycles. The van der Waals surface area contributed by atoms with Crippen molar-refractivity contribution in [2.45, 2.75) is 64.3 Å². The Balaban J connectivity index is 2.00.